The number of nitrogens with zero attached hydrogens (tertiary/aromatic N) is 1. The van der Waals surface area contributed by atoms with Gasteiger partial charge in [-0.1, -0.05) is 0 Å². The average Bonchev–Trinajstić information content (AvgIpc) is 2.62. The van der Waals surface area contributed by atoms with Crippen LogP contribution in [0.15, 0.2) is 33.8 Å². The SMILES string of the molecule is O=c1[nH]c(-c2ccco2)ncc1I. The summed E-state index contributed by atoms with van der Waals surface area (Å²) >= 11 is 1.92. The van der Waals surface area contributed by atoms with Crippen LogP contribution in [0.25, 0.3) is 11.6 Å². The predicted octanol–water partition coefficient (Wildman–Crippen LogP) is 1.63. The molecule has 0 fully saturated rings. The van der Waals surface area contributed by atoms with Crippen LogP contribution < -0.4 is 5.56 Å². The van der Waals surface area contributed by atoms with E-state index in [4.69, 9.17) is 4.42 Å². The third kappa shape index (κ3) is 1.64. The number of furan rings is 1. The number of hydrogen-bond acceptors (Lipinski definition) is 3. The fourth-order valence-corrected chi connectivity index (χ4v) is 1.19. The summed E-state index contributed by atoms with van der Waals surface area (Å²) in [5, 5.41) is 0. The summed E-state index contributed by atoms with van der Waals surface area (Å²) < 4.78 is 5.64. The zero-order valence-electron chi connectivity index (χ0n) is 6.45. The fourth-order valence-electron chi connectivity index (χ4n) is 0.918. The molecule has 0 saturated heterocycles. The van der Waals surface area contributed by atoms with E-state index in [0.29, 0.717) is 15.2 Å². The Morgan fingerprint density at radius 1 is 1.54 bits per heavy atom. The molecule has 0 bridgehead atoms. The predicted molar refractivity (Wildman–Crippen MR) is 55.3 cm³/mol. The van der Waals surface area contributed by atoms with Gasteiger partial charge in [-0.25, -0.2) is 4.98 Å². The Morgan fingerprint density at radius 2 is 2.38 bits per heavy atom. The van der Waals surface area contributed by atoms with Crippen molar-refractivity contribution in [1.29, 1.82) is 0 Å². The highest BCUT2D eigenvalue weighted by atomic mass is 127. The first kappa shape index (κ1) is 8.49. The maximum absolute atomic E-state index is 11.2. The van der Waals surface area contributed by atoms with Crippen molar-refractivity contribution in [1.82, 2.24) is 9.97 Å². The van der Waals surface area contributed by atoms with Crippen LogP contribution in [0.1, 0.15) is 0 Å². The number of hydrogen-bond donors (Lipinski definition) is 1. The van der Waals surface area contributed by atoms with Crippen LogP contribution in [-0.2, 0) is 0 Å². The first-order valence-corrected chi connectivity index (χ1v) is 4.64. The molecule has 5 heteroatoms. The van der Waals surface area contributed by atoms with Crippen LogP contribution in [0, 0.1) is 3.57 Å². The Hall–Kier alpha value is -1.11. The molecule has 1 N–H and O–H groups in total. The highest BCUT2D eigenvalue weighted by molar-refractivity contribution is 14.1. The third-order valence-electron chi connectivity index (χ3n) is 1.51. The molecule has 13 heavy (non-hydrogen) atoms. The number of aromatic nitrogens is 2. The summed E-state index contributed by atoms with van der Waals surface area (Å²) in [5.41, 5.74) is -0.151. The van der Waals surface area contributed by atoms with E-state index >= 15 is 0 Å². The molecule has 0 radical (unpaired) electrons. The van der Waals surface area contributed by atoms with Gasteiger partial charge >= 0.3 is 0 Å². The quantitative estimate of drug-likeness (QED) is 0.811. The van der Waals surface area contributed by atoms with E-state index in [1.807, 2.05) is 22.6 Å². The van der Waals surface area contributed by atoms with E-state index < -0.39 is 0 Å². The van der Waals surface area contributed by atoms with E-state index in [2.05, 4.69) is 9.97 Å². The summed E-state index contributed by atoms with van der Waals surface area (Å²) in [7, 11) is 0. The van der Waals surface area contributed by atoms with Crippen LogP contribution >= 0.6 is 22.6 Å². The standard InChI is InChI=1S/C8H5IN2O2/c9-5-4-10-7(11-8(5)12)6-2-1-3-13-6/h1-4H,(H,10,11,12). The van der Waals surface area contributed by atoms with Crippen LogP contribution in [0.4, 0.5) is 0 Å². The molecule has 66 valence electrons. The Bertz CT molecular complexity index is 461. The van der Waals surface area contributed by atoms with Gasteiger partial charge in [0.15, 0.2) is 11.6 Å². The molecule has 0 aliphatic heterocycles. The van der Waals surface area contributed by atoms with Crippen molar-refractivity contribution < 1.29 is 4.42 Å². The van der Waals surface area contributed by atoms with Gasteiger partial charge in [-0.3, -0.25) is 4.79 Å². The van der Waals surface area contributed by atoms with Crippen molar-refractivity contribution in [2.45, 2.75) is 0 Å². The first-order chi connectivity index (χ1) is 6.27. The minimum Gasteiger partial charge on any atom is -0.461 e. The lowest BCUT2D eigenvalue weighted by atomic mass is 10.4. The van der Waals surface area contributed by atoms with Crippen LogP contribution in [0.5, 0.6) is 0 Å². The van der Waals surface area contributed by atoms with Crippen LogP contribution in [0.3, 0.4) is 0 Å². The topological polar surface area (TPSA) is 58.9 Å². The summed E-state index contributed by atoms with van der Waals surface area (Å²) in [6, 6.07) is 3.48. The molecular weight excluding hydrogens is 283 g/mol. The van der Waals surface area contributed by atoms with E-state index in [-0.39, 0.29) is 5.56 Å². The van der Waals surface area contributed by atoms with Crippen molar-refractivity contribution in [3.63, 3.8) is 0 Å². The zero-order valence-corrected chi connectivity index (χ0v) is 8.61. The molecule has 2 heterocycles. The number of H-pyrrole nitrogens is 1. The van der Waals surface area contributed by atoms with Gasteiger partial charge in [-0.2, -0.15) is 0 Å². The second-order valence-electron chi connectivity index (χ2n) is 2.39. The average molecular weight is 288 g/mol. The normalized spacial score (nSPS) is 10.2. The first-order valence-electron chi connectivity index (χ1n) is 3.56. The van der Waals surface area contributed by atoms with Crippen LogP contribution in [0.2, 0.25) is 0 Å². The maximum Gasteiger partial charge on any atom is 0.264 e. The summed E-state index contributed by atoms with van der Waals surface area (Å²) in [5.74, 6) is 1.02. The molecule has 0 saturated carbocycles. The second kappa shape index (κ2) is 3.33. The highest BCUT2D eigenvalue weighted by Gasteiger charge is 2.03. The van der Waals surface area contributed by atoms with Gasteiger partial charge < -0.3 is 9.40 Å². The second-order valence-corrected chi connectivity index (χ2v) is 3.55. The smallest absolute Gasteiger partial charge is 0.264 e. The summed E-state index contributed by atoms with van der Waals surface area (Å²) in [6.45, 7) is 0. The Kier molecular flexibility index (Phi) is 2.17. The third-order valence-corrected chi connectivity index (χ3v) is 2.28. The minimum absolute atomic E-state index is 0.151. The van der Waals surface area contributed by atoms with E-state index in [9.17, 15) is 4.79 Å². The maximum atomic E-state index is 11.2. The molecule has 2 aromatic rings. The number of nitrogens with one attached hydrogen (secondary N) is 1. The van der Waals surface area contributed by atoms with Gasteiger partial charge in [0.2, 0.25) is 0 Å². The number of halogens is 1. The molecule has 2 aromatic heterocycles. The van der Waals surface area contributed by atoms with Gasteiger partial charge in [-0.05, 0) is 34.7 Å². The zero-order chi connectivity index (χ0) is 9.26. The van der Waals surface area contributed by atoms with E-state index in [0.717, 1.165) is 0 Å². The molecule has 0 aliphatic rings. The summed E-state index contributed by atoms with van der Waals surface area (Å²) in [6.07, 6.45) is 3.05. The molecule has 2 rings (SSSR count). The molecule has 0 aliphatic carbocycles. The van der Waals surface area contributed by atoms with E-state index in [1.54, 1.807) is 12.1 Å². The molecular formula is C8H5IN2O2. The molecule has 0 spiro atoms. The van der Waals surface area contributed by atoms with Crippen molar-refractivity contribution in [3.8, 4) is 11.6 Å². The van der Waals surface area contributed by atoms with Crippen LogP contribution in [-0.4, -0.2) is 9.97 Å². The van der Waals surface area contributed by atoms with Gasteiger partial charge in [0.1, 0.15) is 0 Å². The largest absolute Gasteiger partial charge is 0.461 e. The lowest BCUT2D eigenvalue weighted by Crippen LogP contribution is -2.11. The minimum atomic E-state index is -0.151. The van der Waals surface area contributed by atoms with Crippen molar-refractivity contribution in [2.75, 3.05) is 0 Å². The van der Waals surface area contributed by atoms with Crippen molar-refractivity contribution in [3.05, 3.63) is 38.5 Å². The lowest BCUT2D eigenvalue weighted by molar-refractivity contribution is 0.577. The fraction of sp³-hybridized carbons (Fsp3) is 0. The van der Waals surface area contributed by atoms with Gasteiger partial charge in [0, 0.05) is 6.20 Å². The molecule has 0 atom stereocenters. The molecule has 4 nitrogen and oxygen atoms in total. The Balaban J connectivity index is 2.55. The monoisotopic (exact) mass is 288 g/mol. The lowest BCUT2D eigenvalue weighted by Gasteiger charge is -1.94. The van der Waals surface area contributed by atoms with E-state index in [1.165, 1.54) is 12.5 Å². The van der Waals surface area contributed by atoms with Gasteiger partial charge in [-0.15, -0.1) is 0 Å². The molecule has 0 aromatic carbocycles. The van der Waals surface area contributed by atoms with Crippen molar-refractivity contribution in [2.24, 2.45) is 0 Å². The molecule has 0 unspecified atom stereocenters. The number of aromatic amines is 1. The molecule has 0 amide bonds. The summed E-state index contributed by atoms with van der Waals surface area (Å²) in [4.78, 5) is 17.8. The van der Waals surface area contributed by atoms with Gasteiger partial charge in [0.25, 0.3) is 5.56 Å². The Morgan fingerprint density at radius 3 is 3.00 bits per heavy atom. The Labute approximate surface area is 87.1 Å². The number of rotatable bonds is 1. The highest BCUT2D eigenvalue weighted by Crippen LogP contribution is 2.12. The van der Waals surface area contributed by atoms with Crippen molar-refractivity contribution >= 4 is 22.6 Å². The van der Waals surface area contributed by atoms with Gasteiger partial charge in [0.05, 0.1) is 9.83 Å².